The van der Waals surface area contributed by atoms with Crippen LogP contribution in [0.1, 0.15) is 84.5 Å². The number of aliphatic hydroxyl groups excluding tert-OH is 1. The standard InChI is InChI=1S/C24H42O2/c1-3-5-6-7-8-9-10-11-12-13-14-15-16-17-18-19-20-21-22-26-24(4-2)23-25/h8-9,11-12,14-15,17-18,24-25H,3-7,10,13,16,19-23H2,1-2H3/b9-8-,12-11-,15-14-,18-17-. The summed E-state index contributed by atoms with van der Waals surface area (Å²) in [6.45, 7) is 5.18. The first-order chi connectivity index (χ1) is 12.8. The third-order valence-corrected chi connectivity index (χ3v) is 4.24. The zero-order valence-corrected chi connectivity index (χ0v) is 17.2. The van der Waals surface area contributed by atoms with E-state index >= 15 is 0 Å². The number of ether oxygens (including phenoxy) is 1. The van der Waals surface area contributed by atoms with Crippen molar-refractivity contribution in [3.63, 3.8) is 0 Å². The van der Waals surface area contributed by atoms with Crippen LogP contribution in [-0.2, 0) is 4.74 Å². The van der Waals surface area contributed by atoms with Crippen LogP contribution in [-0.4, -0.2) is 24.4 Å². The molecule has 150 valence electrons. The minimum Gasteiger partial charge on any atom is -0.394 e. The number of hydrogen-bond acceptors (Lipinski definition) is 2. The average Bonchev–Trinajstić information content (AvgIpc) is 2.66. The Balaban J connectivity index is 3.41. The van der Waals surface area contributed by atoms with E-state index in [1.54, 1.807) is 0 Å². The van der Waals surface area contributed by atoms with Gasteiger partial charge in [0.2, 0.25) is 0 Å². The third kappa shape index (κ3) is 19.2. The van der Waals surface area contributed by atoms with Gasteiger partial charge in [-0.25, -0.2) is 0 Å². The molecular formula is C24H42O2. The Kier molecular flexibility index (Phi) is 21.0. The summed E-state index contributed by atoms with van der Waals surface area (Å²) in [6, 6.07) is 0. The molecule has 2 nitrogen and oxygen atoms in total. The predicted octanol–water partition coefficient (Wildman–Crippen LogP) is 6.92. The van der Waals surface area contributed by atoms with Crippen LogP contribution in [0.4, 0.5) is 0 Å². The third-order valence-electron chi connectivity index (χ3n) is 4.24. The summed E-state index contributed by atoms with van der Waals surface area (Å²) in [5.41, 5.74) is 0. The van der Waals surface area contributed by atoms with Crippen LogP contribution in [0.25, 0.3) is 0 Å². The first kappa shape index (κ1) is 24.9. The summed E-state index contributed by atoms with van der Waals surface area (Å²) in [7, 11) is 0. The fourth-order valence-electron chi connectivity index (χ4n) is 2.47. The van der Waals surface area contributed by atoms with Gasteiger partial charge in [0.05, 0.1) is 12.7 Å². The van der Waals surface area contributed by atoms with Gasteiger partial charge in [-0.2, -0.15) is 0 Å². The van der Waals surface area contributed by atoms with Crippen LogP contribution in [0.3, 0.4) is 0 Å². The molecule has 0 amide bonds. The average molecular weight is 363 g/mol. The maximum absolute atomic E-state index is 9.03. The van der Waals surface area contributed by atoms with Gasteiger partial charge in [0.1, 0.15) is 0 Å². The predicted molar refractivity (Wildman–Crippen MR) is 116 cm³/mol. The van der Waals surface area contributed by atoms with E-state index in [-0.39, 0.29) is 12.7 Å². The normalized spacial score (nSPS) is 13.8. The Morgan fingerprint density at radius 3 is 1.65 bits per heavy atom. The molecule has 0 rings (SSSR count). The molecule has 0 aromatic rings. The smallest absolute Gasteiger partial charge is 0.0803 e. The van der Waals surface area contributed by atoms with Crippen molar-refractivity contribution < 1.29 is 9.84 Å². The topological polar surface area (TPSA) is 29.5 Å². The quantitative estimate of drug-likeness (QED) is 0.212. The highest BCUT2D eigenvalue weighted by Crippen LogP contribution is 2.03. The van der Waals surface area contributed by atoms with Gasteiger partial charge in [-0.3, -0.25) is 0 Å². The first-order valence-electron chi connectivity index (χ1n) is 10.7. The van der Waals surface area contributed by atoms with Crippen molar-refractivity contribution in [3.05, 3.63) is 48.6 Å². The van der Waals surface area contributed by atoms with E-state index < -0.39 is 0 Å². The number of rotatable bonds is 18. The SMILES string of the molecule is CCCCC/C=C\C/C=C\C/C=C\C/C=C\CCCCOC(CC)CO. The van der Waals surface area contributed by atoms with Crippen molar-refractivity contribution >= 4 is 0 Å². The van der Waals surface area contributed by atoms with Crippen LogP contribution in [0.5, 0.6) is 0 Å². The van der Waals surface area contributed by atoms with E-state index in [2.05, 4.69) is 55.5 Å². The Hall–Kier alpha value is -1.12. The number of unbranched alkanes of at least 4 members (excludes halogenated alkanes) is 5. The molecule has 0 aliphatic heterocycles. The highest BCUT2D eigenvalue weighted by atomic mass is 16.5. The van der Waals surface area contributed by atoms with Crippen molar-refractivity contribution in [2.45, 2.75) is 90.6 Å². The maximum Gasteiger partial charge on any atom is 0.0803 e. The van der Waals surface area contributed by atoms with Gasteiger partial charge in [0, 0.05) is 6.61 Å². The summed E-state index contributed by atoms with van der Waals surface area (Å²) in [6.07, 6.45) is 30.6. The van der Waals surface area contributed by atoms with Crippen molar-refractivity contribution in [1.29, 1.82) is 0 Å². The molecule has 0 aliphatic carbocycles. The van der Waals surface area contributed by atoms with E-state index in [0.29, 0.717) is 0 Å². The van der Waals surface area contributed by atoms with Crippen LogP contribution in [0.15, 0.2) is 48.6 Å². The second-order valence-electron chi connectivity index (χ2n) is 6.67. The van der Waals surface area contributed by atoms with Gasteiger partial charge in [-0.1, -0.05) is 75.3 Å². The second kappa shape index (κ2) is 21.9. The van der Waals surface area contributed by atoms with Gasteiger partial charge < -0.3 is 9.84 Å². The Bertz CT molecular complexity index is 376. The lowest BCUT2D eigenvalue weighted by atomic mass is 10.2. The summed E-state index contributed by atoms with van der Waals surface area (Å²) >= 11 is 0. The Morgan fingerprint density at radius 2 is 1.19 bits per heavy atom. The molecule has 0 saturated heterocycles. The van der Waals surface area contributed by atoms with E-state index in [0.717, 1.165) is 51.6 Å². The molecule has 0 heterocycles. The highest BCUT2D eigenvalue weighted by molar-refractivity contribution is 4.99. The molecular weight excluding hydrogens is 320 g/mol. The molecule has 0 bridgehead atoms. The zero-order valence-electron chi connectivity index (χ0n) is 17.2. The van der Waals surface area contributed by atoms with Gasteiger partial charge in [0.15, 0.2) is 0 Å². The highest BCUT2D eigenvalue weighted by Gasteiger charge is 2.02. The van der Waals surface area contributed by atoms with Gasteiger partial charge in [-0.15, -0.1) is 0 Å². The molecule has 1 unspecified atom stereocenters. The number of aliphatic hydroxyl groups is 1. The largest absolute Gasteiger partial charge is 0.394 e. The molecule has 0 radical (unpaired) electrons. The molecule has 1 atom stereocenters. The lowest BCUT2D eigenvalue weighted by Crippen LogP contribution is -2.16. The summed E-state index contributed by atoms with van der Waals surface area (Å²) < 4.78 is 5.57. The lowest BCUT2D eigenvalue weighted by molar-refractivity contribution is 0.00956. The van der Waals surface area contributed by atoms with Crippen molar-refractivity contribution in [3.8, 4) is 0 Å². The Labute approximate surface area is 162 Å². The molecule has 0 aromatic carbocycles. The minimum absolute atomic E-state index is 0.0199. The van der Waals surface area contributed by atoms with Crippen LogP contribution < -0.4 is 0 Å². The molecule has 2 heteroatoms. The number of allylic oxidation sites excluding steroid dienone is 8. The second-order valence-corrected chi connectivity index (χ2v) is 6.67. The summed E-state index contributed by atoms with van der Waals surface area (Å²) in [5, 5.41) is 9.03. The zero-order chi connectivity index (χ0) is 19.1. The fraction of sp³-hybridized carbons (Fsp3) is 0.667. The molecule has 0 saturated carbocycles. The van der Waals surface area contributed by atoms with Crippen molar-refractivity contribution in [1.82, 2.24) is 0 Å². The summed E-state index contributed by atoms with van der Waals surface area (Å²) in [5.74, 6) is 0. The number of hydrogen-bond donors (Lipinski definition) is 1. The molecule has 26 heavy (non-hydrogen) atoms. The van der Waals surface area contributed by atoms with Crippen molar-refractivity contribution in [2.24, 2.45) is 0 Å². The maximum atomic E-state index is 9.03. The van der Waals surface area contributed by atoms with Crippen LogP contribution in [0.2, 0.25) is 0 Å². The van der Waals surface area contributed by atoms with Gasteiger partial charge in [0.25, 0.3) is 0 Å². The molecule has 0 aromatic heterocycles. The van der Waals surface area contributed by atoms with Crippen LogP contribution in [0, 0.1) is 0 Å². The minimum atomic E-state index is 0.0199. The first-order valence-corrected chi connectivity index (χ1v) is 10.7. The molecule has 0 fully saturated rings. The van der Waals surface area contributed by atoms with Gasteiger partial charge in [-0.05, 0) is 57.8 Å². The van der Waals surface area contributed by atoms with E-state index in [9.17, 15) is 0 Å². The summed E-state index contributed by atoms with van der Waals surface area (Å²) in [4.78, 5) is 0. The molecule has 0 aliphatic rings. The molecule has 0 spiro atoms. The Morgan fingerprint density at radius 1 is 0.692 bits per heavy atom. The van der Waals surface area contributed by atoms with Crippen LogP contribution >= 0.6 is 0 Å². The van der Waals surface area contributed by atoms with Crippen molar-refractivity contribution in [2.75, 3.05) is 13.2 Å². The van der Waals surface area contributed by atoms with Gasteiger partial charge >= 0.3 is 0 Å². The lowest BCUT2D eigenvalue weighted by Gasteiger charge is -2.12. The van der Waals surface area contributed by atoms with E-state index in [1.165, 1.54) is 25.7 Å². The van der Waals surface area contributed by atoms with E-state index in [1.807, 2.05) is 6.92 Å². The fourth-order valence-corrected chi connectivity index (χ4v) is 2.47. The molecule has 1 N–H and O–H groups in total. The monoisotopic (exact) mass is 362 g/mol. The van der Waals surface area contributed by atoms with E-state index in [4.69, 9.17) is 9.84 Å².